The van der Waals surface area contributed by atoms with Crippen LogP contribution in [0.5, 0.6) is 5.75 Å². The number of aromatic nitrogens is 1. The van der Waals surface area contributed by atoms with Gasteiger partial charge >= 0.3 is 0 Å². The second-order valence-corrected chi connectivity index (χ2v) is 11.0. The van der Waals surface area contributed by atoms with Gasteiger partial charge in [0.2, 0.25) is 5.91 Å². The summed E-state index contributed by atoms with van der Waals surface area (Å²) in [5.74, 6) is 1.13. The second kappa shape index (κ2) is 7.54. The number of hydrogen-bond acceptors (Lipinski definition) is 6. The lowest BCUT2D eigenvalue weighted by atomic mass is 9.52. The molecule has 3 fully saturated rings. The van der Waals surface area contributed by atoms with Crippen LogP contribution < -0.4 is 0 Å². The van der Waals surface area contributed by atoms with Crippen LogP contribution in [0.2, 0.25) is 0 Å². The van der Waals surface area contributed by atoms with Crippen LogP contribution in [0, 0.1) is 5.92 Å². The molecule has 2 saturated heterocycles. The Hall–Kier alpha value is -1.96. The van der Waals surface area contributed by atoms with Crippen LogP contribution in [0.4, 0.5) is 0 Å². The van der Waals surface area contributed by atoms with Gasteiger partial charge in [-0.2, -0.15) is 4.37 Å². The highest BCUT2D eigenvalue weighted by Crippen LogP contribution is 2.56. The monoisotopic (exact) mass is 453 g/mol. The molecule has 4 aliphatic rings. The molecule has 1 aromatic heterocycles. The molecular weight excluding hydrogens is 422 g/mol. The molecule has 7 heteroatoms. The Morgan fingerprint density at radius 2 is 1.97 bits per heavy atom. The van der Waals surface area contributed by atoms with E-state index in [9.17, 15) is 15.0 Å². The summed E-state index contributed by atoms with van der Waals surface area (Å²) in [4.78, 5) is 17.6. The first-order chi connectivity index (χ1) is 15.5. The van der Waals surface area contributed by atoms with Crippen LogP contribution in [0.25, 0.3) is 0 Å². The van der Waals surface area contributed by atoms with E-state index in [4.69, 9.17) is 0 Å². The van der Waals surface area contributed by atoms with Crippen molar-refractivity contribution in [3.05, 3.63) is 46.5 Å². The molecule has 1 amide bonds. The SMILES string of the molecule is O=C(Cc1ccsn1)N1CCC23CCN(CC4CC4)C(Cc4ccc(O)cc42)C3(O)CC1. The first kappa shape index (κ1) is 20.6. The third-order valence-corrected chi connectivity index (χ3v) is 9.20. The van der Waals surface area contributed by atoms with Gasteiger partial charge in [0.15, 0.2) is 0 Å². The number of fused-ring (bicyclic) bond motifs is 1. The van der Waals surface area contributed by atoms with Crippen molar-refractivity contribution in [1.82, 2.24) is 14.2 Å². The standard InChI is InChI=1S/C25H31N3O3S/c29-20-4-3-18-13-22-25(31)8-11-27(23(30)14-19-5-12-32-26-19)9-6-24(25,21(18)15-20)7-10-28(22)16-17-1-2-17/h3-5,12,15,17,22,29,31H,1-2,6-11,13-14,16H2. The van der Waals surface area contributed by atoms with E-state index in [1.165, 1.54) is 29.9 Å². The molecule has 3 heterocycles. The molecular formula is C25H31N3O3S. The zero-order valence-electron chi connectivity index (χ0n) is 18.4. The number of nitrogens with zero attached hydrogens (tertiary/aromatic N) is 3. The summed E-state index contributed by atoms with van der Waals surface area (Å²) in [6.45, 7) is 3.26. The Bertz CT molecular complexity index is 1020. The summed E-state index contributed by atoms with van der Waals surface area (Å²) < 4.78 is 4.31. The van der Waals surface area contributed by atoms with Crippen molar-refractivity contribution >= 4 is 17.4 Å². The van der Waals surface area contributed by atoms with Crippen molar-refractivity contribution in [3.63, 3.8) is 0 Å². The van der Waals surface area contributed by atoms with Crippen molar-refractivity contribution in [2.24, 2.45) is 5.92 Å². The third-order valence-electron chi connectivity index (χ3n) is 8.61. The highest BCUT2D eigenvalue weighted by molar-refractivity contribution is 7.03. The zero-order chi connectivity index (χ0) is 21.9. The highest BCUT2D eigenvalue weighted by atomic mass is 32.1. The largest absolute Gasteiger partial charge is 0.508 e. The van der Waals surface area contributed by atoms with E-state index in [1.54, 1.807) is 6.07 Å². The molecule has 6 rings (SSSR count). The Morgan fingerprint density at radius 3 is 2.75 bits per heavy atom. The van der Waals surface area contributed by atoms with Crippen LogP contribution in [0.3, 0.4) is 0 Å². The summed E-state index contributed by atoms with van der Waals surface area (Å²) >= 11 is 1.37. The Labute approximate surface area is 193 Å². The molecule has 0 spiro atoms. The number of amides is 1. The minimum Gasteiger partial charge on any atom is -0.508 e. The molecule has 2 aliphatic carbocycles. The van der Waals surface area contributed by atoms with Crippen molar-refractivity contribution in [2.75, 3.05) is 26.2 Å². The molecule has 6 nitrogen and oxygen atoms in total. The number of carbonyl (C=O) groups is 1. The molecule has 170 valence electrons. The number of piperidine rings is 1. The second-order valence-electron chi connectivity index (χ2n) is 10.3. The van der Waals surface area contributed by atoms with Gasteiger partial charge < -0.3 is 15.1 Å². The molecule has 2 aromatic rings. The Balaban J connectivity index is 1.36. The minimum absolute atomic E-state index is 0.0717. The predicted molar refractivity (Wildman–Crippen MR) is 123 cm³/mol. The smallest absolute Gasteiger partial charge is 0.228 e. The van der Waals surface area contributed by atoms with Gasteiger partial charge in [-0.05, 0) is 91.8 Å². The number of rotatable bonds is 4. The summed E-state index contributed by atoms with van der Waals surface area (Å²) in [7, 11) is 0. The maximum atomic E-state index is 13.1. The van der Waals surface area contributed by atoms with Crippen molar-refractivity contribution < 1.29 is 15.0 Å². The topological polar surface area (TPSA) is 76.9 Å². The Kier molecular flexibility index (Phi) is 4.86. The van der Waals surface area contributed by atoms with E-state index in [1.807, 2.05) is 22.4 Å². The predicted octanol–water partition coefficient (Wildman–Crippen LogP) is 2.72. The molecule has 32 heavy (non-hydrogen) atoms. The van der Waals surface area contributed by atoms with Gasteiger partial charge in [-0.15, -0.1) is 0 Å². The lowest BCUT2D eigenvalue weighted by Gasteiger charge is -2.61. The van der Waals surface area contributed by atoms with Crippen LogP contribution in [-0.2, 0) is 23.1 Å². The first-order valence-electron chi connectivity index (χ1n) is 11.9. The molecule has 0 radical (unpaired) electrons. The van der Waals surface area contributed by atoms with Gasteiger partial charge in [-0.1, -0.05) is 6.07 Å². The van der Waals surface area contributed by atoms with Crippen LogP contribution in [0.15, 0.2) is 29.6 Å². The fourth-order valence-electron chi connectivity index (χ4n) is 6.71. The van der Waals surface area contributed by atoms with Crippen LogP contribution in [0.1, 0.15) is 48.9 Å². The van der Waals surface area contributed by atoms with Gasteiger partial charge in [0.05, 0.1) is 17.7 Å². The average molecular weight is 454 g/mol. The van der Waals surface area contributed by atoms with Crippen molar-refractivity contribution in [2.45, 2.75) is 62.0 Å². The molecule has 2 bridgehead atoms. The average Bonchev–Trinajstić information content (AvgIpc) is 3.48. The number of likely N-dealkylation sites (tertiary alicyclic amines) is 2. The van der Waals surface area contributed by atoms with E-state index >= 15 is 0 Å². The normalized spacial score (nSPS) is 32.2. The molecule has 1 aromatic carbocycles. The van der Waals surface area contributed by atoms with E-state index in [2.05, 4.69) is 15.3 Å². The Morgan fingerprint density at radius 1 is 1.16 bits per heavy atom. The number of phenols is 1. The lowest BCUT2D eigenvalue weighted by Crippen LogP contribution is -2.71. The lowest BCUT2D eigenvalue weighted by molar-refractivity contribution is -0.149. The molecule has 2 N–H and O–H groups in total. The number of aromatic hydroxyl groups is 1. The maximum absolute atomic E-state index is 13.1. The van der Waals surface area contributed by atoms with Crippen LogP contribution >= 0.6 is 11.5 Å². The van der Waals surface area contributed by atoms with E-state index in [0.717, 1.165) is 49.5 Å². The fourth-order valence-corrected chi connectivity index (χ4v) is 7.25. The number of benzene rings is 1. The number of phenolic OH excluding ortho intramolecular Hbond substituents is 1. The summed E-state index contributed by atoms with van der Waals surface area (Å²) in [5.41, 5.74) is 1.87. The minimum atomic E-state index is -0.892. The molecule has 3 atom stereocenters. The quantitative estimate of drug-likeness (QED) is 0.745. The van der Waals surface area contributed by atoms with E-state index in [0.29, 0.717) is 25.9 Å². The number of hydrogen-bond donors (Lipinski definition) is 2. The van der Waals surface area contributed by atoms with Gasteiger partial charge in [-0.25, -0.2) is 0 Å². The molecule has 3 unspecified atom stereocenters. The van der Waals surface area contributed by atoms with Gasteiger partial charge in [0.1, 0.15) is 5.75 Å². The number of carbonyl (C=O) groups excluding carboxylic acids is 1. The summed E-state index contributed by atoms with van der Waals surface area (Å²) in [5, 5.41) is 24.7. The van der Waals surface area contributed by atoms with Crippen LogP contribution in [-0.4, -0.2) is 68.1 Å². The van der Waals surface area contributed by atoms with Gasteiger partial charge in [0.25, 0.3) is 0 Å². The van der Waals surface area contributed by atoms with E-state index < -0.39 is 11.0 Å². The summed E-state index contributed by atoms with van der Waals surface area (Å²) in [6.07, 6.45) is 5.92. The molecule has 2 aliphatic heterocycles. The maximum Gasteiger partial charge on any atom is 0.228 e. The van der Waals surface area contributed by atoms with Crippen molar-refractivity contribution in [3.8, 4) is 5.75 Å². The third kappa shape index (κ3) is 3.20. The van der Waals surface area contributed by atoms with Gasteiger partial charge in [0, 0.05) is 36.5 Å². The van der Waals surface area contributed by atoms with E-state index in [-0.39, 0.29) is 17.7 Å². The summed E-state index contributed by atoms with van der Waals surface area (Å²) in [6, 6.07) is 7.70. The zero-order valence-corrected chi connectivity index (χ0v) is 19.2. The number of aliphatic hydroxyl groups is 1. The van der Waals surface area contributed by atoms with Crippen molar-refractivity contribution in [1.29, 1.82) is 0 Å². The first-order valence-corrected chi connectivity index (χ1v) is 12.8. The highest BCUT2D eigenvalue weighted by Gasteiger charge is 2.63. The molecule has 1 saturated carbocycles. The fraction of sp³-hybridized carbons (Fsp3) is 0.600. The van der Waals surface area contributed by atoms with Gasteiger partial charge in [-0.3, -0.25) is 9.69 Å².